The molecule has 0 aliphatic carbocycles. The van der Waals surface area contributed by atoms with Crippen LogP contribution in [0.25, 0.3) is 5.69 Å². The number of amides is 3. The predicted molar refractivity (Wildman–Crippen MR) is 147 cm³/mol. The molecule has 2 atom stereocenters. The number of carboxylic acid groups (broad SMARTS) is 4. The number of nitrogens with zero attached hydrogens (tertiary/aromatic N) is 4. The number of carboxylic acids is 4. The molecular weight excluding hydrogens is 587 g/mol. The number of aromatic carboxylic acids is 1. The number of carbonyl (C=O) groups is 6. The van der Waals surface area contributed by atoms with E-state index >= 15 is 0 Å². The van der Waals surface area contributed by atoms with Crippen molar-refractivity contribution < 1.29 is 53.6 Å². The van der Waals surface area contributed by atoms with E-state index in [-0.39, 0.29) is 55.1 Å². The molecule has 17 heteroatoms. The van der Waals surface area contributed by atoms with Gasteiger partial charge >= 0.3 is 29.9 Å². The summed E-state index contributed by atoms with van der Waals surface area (Å²) in [6.07, 6.45) is 1.97. The molecule has 2 heterocycles. The Bertz CT molecular complexity index is 1390. The van der Waals surface area contributed by atoms with Gasteiger partial charge in [-0.2, -0.15) is 0 Å². The molecule has 2 aromatic rings. The fraction of sp³-hybridized carbons (Fsp3) is 0.481. The Morgan fingerprint density at radius 1 is 0.932 bits per heavy atom. The third-order valence-corrected chi connectivity index (χ3v) is 7.11. The van der Waals surface area contributed by atoms with E-state index in [2.05, 4.69) is 20.9 Å². The zero-order valence-electron chi connectivity index (χ0n) is 23.5. The molecule has 1 aromatic heterocycles. The Hall–Kier alpha value is -5.09. The highest BCUT2D eigenvalue weighted by atomic mass is 19.1. The minimum atomic E-state index is -1.53. The summed E-state index contributed by atoms with van der Waals surface area (Å²) in [5.41, 5.74) is 0.730. The fourth-order valence-electron chi connectivity index (χ4n) is 4.77. The second-order valence-electron chi connectivity index (χ2n) is 10.3. The fourth-order valence-corrected chi connectivity index (χ4v) is 4.77. The second kappa shape index (κ2) is 15.4. The summed E-state index contributed by atoms with van der Waals surface area (Å²) >= 11 is 0. The van der Waals surface area contributed by atoms with Gasteiger partial charge in [-0.15, -0.1) is 5.10 Å². The van der Waals surface area contributed by atoms with Crippen LogP contribution in [0.15, 0.2) is 24.4 Å². The Morgan fingerprint density at radius 2 is 1.57 bits per heavy atom. The Kier molecular flexibility index (Phi) is 11.7. The Balaban J connectivity index is 1.62. The molecule has 3 rings (SSSR count). The van der Waals surface area contributed by atoms with Crippen LogP contribution in [0.4, 0.5) is 9.18 Å². The topological polar surface area (TPSA) is 241 Å². The SMILES string of the molecule is O=C(O)CC[C@H](NC(=O)N[C@@H](CC1CCN(C(=O)c2cc(C(=O)O)cc(-n3cc(CCCF)nn3)c2)CC1)C(=O)O)C(=O)O. The van der Waals surface area contributed by atoms with Crippen LogP contribution in [-0.4, -0.2) is 108 Å². The van der Waals surface area contributed by atoms with Crippen molar-refractivity contribution in [3.05, 3.63) is 41.2 Å². The number of hydrogen-bond acceptors (Lipinski definition) is 8. The van der Waals surface area contributed by atoms with Gasteiger partial charge in [-0.25, -0.2) is 23.9 Å². The number of halogens is 1. The molecule has 6 N–H and O–H groups in total. The third kappa shape index (κ3) is 9.47. The van der Waals surface area contributed by atoms with Crippen molar-refractivity contribution in [1.82, 2.24) is 30.5 Å². The number of aliphatic carboxylic acids is 3. The van der Waals surface area contributed by atoms with Gasteiger partial charge in [-0.3, -0.25) is 14.0 Å². The third-order valence-electron chi connectivity index (χ3n) is 7.11. The molecule has 1 saturated heterocycles. The van der Waals surface area contributed by atoms with Gasteiger partial charge in [0, 0.05) is 25.1 Å². The summed E-state index contributed by atoms with van der Waals surface area (Å²) in [5, 5.41) is 49.4. The molecular formula is C27H33FN6O10. The van der Waals surface area contributed by atoms with Gasteiger partial charge in [0.15, 0.2) is 0 Å². The predicted octanol–water partition coefficient (Wildman–Crippen LogP) is 1.18. The first kappa shape index (κ1) is 33.4. The highest BCUT2D eigenvalue weighted by Crippen LogP contribution is 2.25. The van der Waals surface area contributed by atoms with Gasteiger partial charge in [-0.05, 0) is 62.6 Å². The molecule has 0 unspecified atom stereocenters. The van der Waals surface area contributed by atoms with Crippen molar-refractivity contribution in [1.29, 1.82) is 0 Å². The molecule has 1 aromatic carbocycles. The quantitative estimate of drug-likeness (QED) is 0.164. The van der Waals surface area contributed by atoms with Crippen molar-refractivity contribution in [3.8, 4) is 5.69 Å². The van der Waals surface area contributed by atoms with Gasteiger partial charge in [0.2, 0.25) is 0 Å². The van der Waals surface area contributed by atoms with Crippen molar-refractivity contribution in [2.45, 2.75) is 57.0 Å². The maximum Gasteiger partial charge on any atom is 0.335 e. The molecule has 1 aliphatic rings. The smallest absolute Gasteiger partial charge is 0.335 e. The first-order valence-electron chi connectivity index (χ1n) is 13.8. The van der Waals surface area contributed by atoms with Crippen LogP contribution in [0.3, 0.4) is 0 Å². The van der Waals surface area contributed by atoms with E-state index in [0.29, 0.717) is 25.0 Å². The summed E-state index contributed by atoms with van der Waals surface area (Å²) < 4.78 is 13.8. The molecule has 3 amide bonds. The monoisotopic (exact) mass is 620 g/mol. The lowest BCUT2D eigenvalue weighted by Gasteiger charge is -2.33. The van der Waals surface area contributed by atoms with Crippen LogP contribution in [0.2, 0.25) is 0 Å². The molecule has 0 radical (unpaired) electrons. The van der Waals surface area contributed by atoms with Crippen LogP contribution in [-0.2, 0) is 20.8 Å². The molecule has 1 aliphatic heterocycles. The van der Waals surface area contributed by atoms with Gasteiger partial charge in [0.25, 0.3) is 5.91 Å². The molecule has 1 fully saturated rings. The number of carbonyl (C=O) groups excluding carboxylic acids is 2. The number of alkyl halides is 1. The Labute approximate surface area is 249 Å². The number of likely N-dealkylation sites (tertiary alicyclic amines) is 1. The van der Waals surface area contributed by atoms with Gasteiger partial charge in [0.05, 0.1) is 29.8 Å². The second-order valence-corrected chi connectivity index (χ2v) is 10.3. The largest absolute Gasteiger partial charge is 0.481 e. The van der Waals surface area contributed by atoms with Crippen LogP contribution >= 0.6 is 0 Å². The average molecular weight is 621 g/mol. The summed E-state index contributed by atoms with van der Waals surface area (Å²) in [4.78, 5) is 72.8. The van der Waals surface area contributed by atoms with Crippen LogP contribution < -0.4 is 10.6 Å². The van der Waals surface area contributed by atoms with Gasteiger partial charge in [0.1, 0.15) is 12.1 Å². The van der Waals surface area contributed by atoms with Crippen molar-refractivity contribution in [3.63, 3.8) is 0 Å². The number of rotatable bonds is 15. The van der Waals surface area contributed by atoms with Crippen molar-refractivity contribution in [2.24, 2.45) is 5.92 Å². The highest BCUT2D eigenvalue weighted by molar-refractivity contribution is 5.98. The lowest BCUT2D eigenvalue weighted by atomic mass is 9.90. The van der Waals surface area contributed by atoms with E-state index in [0.717, 1.165) is 0 Å². The summed E-state index contributed by atoms with van der Waals surface area (Å²) in [6, 6.07) is 0.0766. The normalized spacial score (nSPS) is 14.8. The summed E-state index contributed by atoms with van der Waals surface area (Å²) in [7, 11) is 0. The number of urea groups is 1. The first-order chi connectivity index (χ1) is 20.9. The maximum atomic E-state index is 13.3. The minimum absolute atomic E-state index is 0.00661. The van der Waals surface area contributed by atoms with Crippen LogP contribution in [0, 0.1) is 5.92 Å². The molecule has 238 valence electrons. The number of hydrogen-bond donors (Lipinski definition) is 6. The lowest BCUT2D eigenvalue weighted by molar-refractivity contribution is -0.141. The first-order valence-corrected chi connectivity index (χ1v) is 13.8. The van der Waals surface area contributed by atoms with Crippen molar-refractivity contribution in [2.75, 3.05) is 19.8 Å². The van der Waals surface area contributed by atoms with E-state index in [1.54, 1.807) is 0 Å². The molecule has 0 spiro atoms. The van der Waals surface area contributed by atoms with Gasteiger partial charge in [-0.1, -0.05) is 5.21 Å². The number of aryl methyl sites for hydroxylation is 1. The van der Waals surface area contributed by atoms with Crippen LogP contribution in [0.5, 0.6) is 0 Å². The Morgan fingerprint density at radius 3 is 2.16 bits per heavy atom. The van der Waals surface area contributed by atoms with E-state index in [1.165, 1.54) is 34.0 Å². The molecule has 0 bridgehead atoms. The van der Waals surface area contributed by atoms with E-state index in [4.69, 9.17) is 5.11 Å². The molecule has 44 heavy (non-hydrogen) atoms. The number of nitrogens with one attached hydrogen (secondary N) is 2. The van der Waals surface area contributed by atoms with E-state index in [1.807, 2.05) is 0 Å². The summed E-state index contributed by atoms with van der Waals surface area (Å²) in [5.74, 6) is -6.00. The maximum absolute atomic E-state index is 13.3. The average Bonchev–Trinajstić information content (AvgIpc) is 3.46. The highest BCUT2D eigenvalue weighted by Gasteiger charge is 2.30. The summed E-state index contributed by atoms with van der Waals surface area (Å²) in [6.45, 7) is -0.0772. The molecule has 16 nitrogen and oxygen atoms in total. The van der Waals surface area contributed by atoms with Gasteiger partial charge < -0.3 is 36.0 Å². The standard InChI is InChI=1S/C27H33FN6O10/c28-7-1-2-18-14-34(32-31-18)19-12-16(11-17(13-19)24(38)39)23(37)33-8-5-15(6-9-33)10-21(26(42)43)30-27(44)29-20(25(40)41)3-4-22(35)36/h11-15,20-21H,1-10H2,(H,35,36)(H,38,39)(H,40,41)(H,42,43)(H2,29,30,44)/t20-,21-/m0/s1. The van der Waals surface area contributed by atoms with E-state index in [9.17, 15) is 48.5 Å². The number of benzene rings is 1. The minimum Gasteiger partial charge on any atom is -0.481 e. The zero-order valence-corrected chi connectivity index (χ0v) is 23.5. The van der Waals surface area contributed by atoms with Crippen LogP contribution in [0.1, 0.15) is 64.9 Å². The zero-order chi connectivity index (χ0) is 32.4. The number of aromatic nitrogens is 3. The van der Waals surface area contributed by atoms with E-state index < -0.39 is 61.0 Å². The lowest BCUT2D eigenvalue weighted by Crippen LogP contribution is -2.52. The molecule has 0 saturated carbocycles. The number of piperidine rings is 1. The van der Waals surface area contributed by atoms with Crippen molar-refractivity contribution >= 4 is 35.8 Å².